The van der Waals surface area contributed by atoms with E-state index in [1.165, 1.54) is 4.90 Å². The molecule has 8 nitrogen and oxygen atoms in total. The molecule has 35 heavy (non-hydrogen) atoms. The van der Waals surface area contributed by atoms with E-state index in [4.69, 9.17) is 9.47 Å². The Bertz CT molecular complexity index is 1350. The molecule has 1 unspecified atom stereocenters. The lowest BCUT2D eigenvalue weighted by molar-refractivity contribution is -0.132. The van der Waals surface area contributed by atoms with Crippen LogP contribution in [0.2, 0.25) is 0 Å². The Balaban J connectivity index is 1.57. The van der Waals surface area contributed by atoms with Crippen molar-refractivity contribution in [2.24, 2.45) is 0 Å². The summed E-state index contributed by atoms with van der Waals surface area (Å²) in [5.41, 5.74) is 3.80. The number of urea groups is 1. The van der Waals surface area contributed by atoms with Crippen LogP contribution in [0.3, 0.4) is 0 Å². The number of nitrogens with zero attached hydrogens (tertiary/aromatic N) is 3. The predicted molar refractivity (Wildman–Crippen MR) is 131 cm³/mol. The van der Waals surface area contributed by atoms with Gasteiger partial charge < -0.3 is 18.9 Å². The van der Waals surface area contributed by atoms with Gasteiger partial charge in [-0.3, -0.25) is 9.69 Å². The highest BCUT2D eigenvalue weighted by Crippen LogP contribution is 2.41. The number of fused-ring (bicyclic) bond motifs is 6. The summed E-state index contributed by atoms with van der Waals surface area (Å²) in [5.74, 6) is -0.215. The second-order valence-corrected chi connectivity index (χ2v) is 10.1. The van der Waals surface area contributed by atoms with Crippen LogP contribution in [0.25, 0.3) is 10.9 Å². The van der Waals surface area contributed by atoms with Crippen molar-refractivity contribution in [2.45, 2.75) is 45.4 Å². The summed E-state index contributed by atoms with van der Waals surface area (Å²) in [4.78, 5) is 41.1. The average Bonchev–Trinajstić information content (AvgIpc) is 3.13. The van der Waals surface area contributed by atoms with Crippen LogP contribution >= 0.6 is 0 Å². The Morgan fingerprint density at radius 2 is 1.80 bits per heavy atom. The molecule has 1 aromatic heterocycles. The number of carbonyl (C=O) groups excluding carboxylic acids is 3. The molecular formula is C27H29N3O5. The molecule has 1 saturated heterocycles. The Morgan fingerprint density at radius 1 is 1.09 bits per heavy atom. The van der Waals surface area contributed by atoms with Crippen molar-refractivity contribution in [1.29, 1.82) is 0 Å². The van der Waals surface area contributed by atoms with Crippen LogP contribution in [-0.2, 0) is 22.6 Å². The summed E-state index contributed by atoms with van der Waals surface area (Å²) < 4.78 is 13.1. The van der Waals surface area contributed by atoms with Crippen LogP contribution in [0.15, 0.2) is 42.5 Å². The second-order valence-electron chi connectivity index (χ2n) is 10.1. The van der Waals surface area contributed by atoms with Gasteiger partial charge in [-0.05, 0) is 56.2 Å². The highest BCUT2D eigenvalue weighted by atomic mass is 16.6. The van der Waals surface area contributed by atoms with E-state index in [0.717, 1.165) is 33.5 Å². The van der Waals surface area contributed by atoms with Gasteiger partial charge in [-0.25, -0.2) is 9.59 Å². The van der Waals surface area contributed by atoms with Crippen LogP contribution in [0, 0.1) is 0 Å². The van der Waals surface area contributed by atoms with E-state index in [0.29, 0.717) is 25.2 Å². The van der Waals surface area contributed by atoms with E-state index in [-0.39, 0.29) is 17.9 Å². The van der Waals surface area contributed by atoms with Crippen molar-refractivity contribution in [3.63, 3.8) is 0 Å². The van der Waals surface area contributed by atoms with E-state index in [1.807, 2.05) is 51.1 Å². The Kier molecular flexibility index (Phi) is 5.34. The molecular weight excluding hydrogens is 446 g/mol. The monoisotopic (exact) mass is 475 g/mol. The SMILES string of the molecule is COc1ccc2c3c(n(Cc4ccc(C(=O)OC(C)(C)C)cc4)c2c1)CN1CC3C(=O)N(C)C1=O. The molecule has 0 aliphatic carbocycles. The van der Waals surface area contributed by atoms with Crippen molar-refractivity contribution in [2.75, 3.05) is 20.7 Å². The molecule has 1 fully saturated rings. The van der Waals surface area contributed by atoms with E-state index in [1.54, 1.807) is 31.2 Å². The van der Waals surface area contributed by atoms with Crippen LogP contribution < -0.4 is 4.74 Å². The number of aromatic nitrogens is 1. The highest BCUT2D eigenvalue weighted by molar-refractivity contribution is 6.04. The maximum atomic E-state index is 13.0. The van der Waals surface area contributed by atoms with Crippen LogP contribution in [-0.4, -0.2) is 58.6 Å². The lowest BCUT2D eigenvalue weighted by Crippen LogP contribution is -2.56. The van der Waals surface area contributed by atoms with E-state index in [9.17, 15) is 14.4 Å². The molecule has 2 aliphatic heterocycles. The summed E-state index contributed by atoms with van der Waals surface area (Å²) in [6, 6.07) is 12.9. The molecule has 2 aromatic carbocycles. The zero-order valence-corrected chi connectivity index (χ0v) is 20.6. The van der Waals surface area contributed by atoms with Gasteiger partial charge >= 0.3 is 12.0 Å². The van der Waals surface area contributed by atoms with E-state index >= 15 is 0 Å². The van der Waals surface area contributed by atoms with Gasteiger partial charge in [0.1, 0.15) is 11.4 Å². The van der Waals surface area contributed by atoms with Gasteiger partial charge in [0.25, 0.3) is 0 Å². The third kappa shape index (κ3) is 3.92. The van der Waals surface area contributed by atoms with Crippen molar-refractivity contribution >= 4 is 28.8 Å². The molecule has 3 heterocycles. The number of benzene rings is 2. The smallest absolute Gasteiger partial charge is 0.338 e. The van der Waals surface area contributed by atoms with Gasteiger partial charge in [-0.15, -0.1) is 0 Å². The van der Waals surface area contributed by atoms with Crippen molar-refractivity contribution in [3.8, 4) is 5.75 Å². The third-order valence-corrected chi connectivity index (χ3v) is 6.63. The summed E-state index contributed by atoms with van der Waals surface area (Å²) in [5, 5.41) is 0.993. The van der Waals surface area contributed by atoms with Gasteiger partial charge in [0.05, 0.1) is 30.7 Å². The first-order valence-electron chi connectivity index (χ1n) is 11.6. The molecule has 1 atom stereocenters. The molecule has 3 amide bonds. The largest absolute Gasteiger partial charge is 0.497 e. The first kappa shape index (κ1) is 23.0. The minimum absolute atomic E-state index is 0.177. The zero-order chi connectivity index (χ0) is 25.1. The number of ether oxygens (including phenoxy) is 2. The molecule has 0 saturated carbocycles. The van der Waals surface area contributed by atoms with Gasteiger partial charge in [-0.2, -0.15) is 0 Å². The number of hydrogen-bond donors (Lipinski definition) is 0. The minimum Gasteiger partial charge on any atom is -0.497 e. The quantitative estimate of drug-likeness (QED) is 0.530. The topological polar surface area (TPSA) is 81.1 Å². The lowest BCUT2D eigenvalue weighted by Gasteiger charge is -2.41. The first-order valence-corrected chi connectivity index (χ1v) is 11.6. The van der Waals surface area contributed by atoms with Crippen molar-refractivity contribution in [1.82, 2.24) is 14.4 Å². The standard InChI is InChI=1S/C27H29N3O5/c1-27(2,3)35-25(32)17-8-6-16(7-9-17)13-30-21-12-18(34-5)10-11-19(21)23-20-14-29(15-22(23)30)26(33)28(4)24(20)31/h6-12,20H,13-15H2,1-5H3. The van der Waals surface area contributed by atoms with Crippen LogP contribution in [0.1, 0.15) is 53.9 Å². The highest BCUT2D eigenvalue weighted by Gasteiger charge is 2.44. The first-order chi connectivity index (χ1) is 16.6. The molecule has 0 radical (unpaired) electrons. The number of carbonyl (C=O) groups is 3. The summed E-state index contributed by atoms with van der Waals surface area (Å²) in [6.07, 6.45) is 0. The maximum Gasteiger partial charge on any atom is 0.338 e. The molecule has 2 bridgehead atoms. The summed E-state index contributed by atoms with van der Waals surface area (Å²) in [7, 11) is 3.17. The fourth-order valence-corrected chi connectivity index (χ4v) is 4.99. The maximum absolute atomic E-state index is 13.0. The predicted octanol–water partition coefficient (Wildman–Crippen LogP) is 4.14. The number of rotatable bonds is 4. The van der Waals surface area contributed by atoms with Crippen LogP contribution in [0.5, 0.6) is 5.75 Å². The summed E-state index contributed by atoms with van der Waals surface area (Å²) >= 11 is 0. The van der Waals surface area contributed by atoms with Gasteiger partial charge in [-0.1, -0.05) is 12.1 Å². The number of hydrogen-bond acceptors (Lipinski definition) is 5. The number of esters is 1. The molecule has 5 rings (SSSR count). The molecule has 8 heteroatoms. The molecule has 3 aromatic rings. The van der Waals surface area contributed by atoms with Crippen molar-refractivity contribution in [3.05, 3.63) is 64.8 Å². The third-order valence-electron chi connectivity index (χ3n) is 6.63. The summed E-state index contributed by atoms with van der Waals surface area (Å²) in [6.45, 7) is 6.86. The fourth-order valence-electron chi connectivity index (χ4n) is 4.99. The molecule has 0 N–H and O–H groups in total. The number of amides is 3. The second kappa shape index (κ2) is 8.15. The molecule has 0 spiro atoms. The number of imide groups is 1. The Labute approximate surface area is 204 Å². The van der Waals surface area contributed by atoms with Gasteiger partial charge in [0.15, 0.2) is 0 Å². The molecule has 182 valence electrons. The number of likely N-dealkylation sites (N-methyl/N-ethyl adjacent to an activating group) is 1. The lowest BCUT2D eigenvalue weighted by atomic mass is 9.89. The van der Waals surface area contributed by atoms with Gasteiger partial charge in [0, 0.05) is 37.3 Å². The van der Waals surface area contributed by atoms with E-state index < -0.39 is 11.5 Å². The number of methoxy groups -OCH3 is 1. The van der Waals surface area contributed by atoms with Crippen molar-refractivity contribution < 1.29 is 23.9 Å². The normalized spacial score (nSPS) is 17.6. The molecule has 2 aliphatic rings. The minimum atomic E-state index is -0.561. The Hall–Kier alpha value is -3.81. The Morgan fingerprint density at radius 3 is 2.46 bits per heavy atom. The van der Waals surface area contributed by atoms with Crippen LogP contribution in [0.4, 0.5) is 4.79 Å². The average molecular weight is 476 g/mol. The zero-order valence-electron chi connectivity index (χ0n) is 20.6. The fraction of sp³-hybridized carbons (Fsp3) is 0.370. The van der Waals surface area contributed by atoms with E-state index in [2.05, 4.69) is 4.57 Å². The van der Waals surface area contributed by atoms with Gasteiger partial charge in [0.2, 0.25) is 5.91 Å².